The lowest BCUT2D eigenvalue weighted by molar-refractivity contribution is 0.0661. The van der Waals surface area contributed by atoms with Crippen molar-refractivity contribution in [1.29, 1.82) is 0 Å². The van der Waals surface area contributed by atoms with Gasteiger partial charge in [-0.05, 0) is 57.2 Å². The minimum absolute atomic E-state index is 0.578. The number of nitrogens with one attached hydrogen (secondary N) is 1. The summed E-state index contributed by atoms with van der Waals surface area (Å²) in [4.78, 5) is 2.82. The van der Waals surface area contributed by atoms with E-state index in [1.54, 1.807) is 0 Å². The Hall–Kier alpha value is -0.0800. The number of piperidine rings is 2. The number of rotatable bonds is 4. The molecule has 1 atom stereocenters. The smallest absolute Gasteiger partial charge is 0.00953 e. The van der Waals surface area contributed by atoms with E-state index >= 15 is 0 Å². The average molecular weight is 238 g/mol. The third-order valence-electron chi connectivity index (χ3n) is 4.77. The van der Waals surface area contributed by atoms with Crippen molar-refractivity contribution in [3.05, 3.63) is 0 Å². The van der Waals surface area contributed by atoms with Gasteiger partial charge in [0, 0.05) is 12.6 Å². The van der Waals surface area contributed by atoms with Crippen molar-refractivity contribution < 1.29 is 0 Å². The zero-order chi connectivity index (χ0) is 12.1. The van der Waals surface area contributed by atoms with Crippen LogP contribution in [0.3, 0.4) is 0 Å². The maximum absolute atomic E-state index is 3.50. The van der Waals surface area contributed by atoms with Crippen LogP contribution < -0.4 is 5.32 Å². The van der Waals surface area contributed by atoms with Crippen molar-refractivity contribution in [2.75, 3.05) is 26.2 Å². The quantitative estimate of drug-likeness (QED) is 0.810. The van der Waals surface area contributed by atoms with E-state index in [1.807, 2.05) is 0 Å². The van der Waals surface area contributed by atoms with Crippen LogP contribution in [-0.2, 0) is 0 Å². The summed E-state index contributed by atoms with van der Waals surface area (Å²) in [5, 5.41) is 3.50. The van der Waals surface area contributed by atoms with Crippen LogP contribution in [0.4, 0.5) is 0 Å². The molecule has 1 N–H and O–H groups in total. The zero-order valence-electron chi connectivity index (χ0n) is 11.8. The fourth-order valence-corrected chi connectivity index (χ4v) is 3.61. The third kappa shape index (κ3) is 3.69. The molecule has 0 aromatic carbocycles. The molecule has 2 fully saturated rings. The molecule has 2 rings (SSSR count). The molecule has 0 radical (unpaired) electrons. The van der Waals surface area contributed by atoms with Crippen molar-refractivity contribution in [2.24, 2.45) is 5.41 Å². The Morgan fingerprint density at radius 2 is 2.00 bits per heavy atom. The van der Waals surface area contributed by atoms with E-state index in [0.717, 1.165) is 6.04 Å². The van der Waals surface area contributed by atoms with Gasteiger partial charge in [-0.25, -0.2) is 0 Å². The van der Waals surface area contributed by atoms with Gasteiger partial charge < -0.3 is 5.32 Å². The molecule has 2 nitrogen and oxygen atoms in total. The molecule has 2 aliphatic heterocycles. The molecular weight excluding hydrogens is 208 g/mol. The molecule has 17 heavy (non-hydrogen) atoms. The second kappa shape index (κ2) is 6.19. The van der Waals surface area contributed by atoms with Gasteiger partial charge in [-0.2, -0.15) is 0 Å². The van der Waals surface area contributed by atoms with Gasteiger partial charge in [0.05, 0.1) is 0 Å². The molecule has 0 aliphatic carbocycles. The van der Waals surface area contributed by atoms with Gasteiger partial charge in [0.2, 0.25) is 0 Å². The van der Waals surface area contributed by atoms with E-state index in [1.165, 1.54) is 71.1 Å². The van der Waals surface area contributed by atoms with Gasteiger partial charge in [0.1, 0.15) is 0 Å². The monoisotopic (exact) mass is 238 g/mol. The maximum Gasteiger partial charge on any atom is 0.00953 e. The summed E-state index contributed by atoms with van der Waals surface area (Å²) in [5.74, 6) is 0. The highest BCUT2D eigenvalue weighted by atomic mass is 15.2. The maximum atomic E-state index is 3.50. The van der Waals surface area contributed by atoms with Crippen LogP contribution in [0.5, 0.6) is 0 Å². The van der Waals surface area contributed by atoms with E-state index in [0.29, 0.717) is 5.41 Å². The van der Waals surface area contributed by atoms with Crippen LogP contribution in [0.1, 0.15) is 58.8 Å². The lowest BCUT2D eigenvalue weighted by atomic mass is 9.79. The second-order valence-electron chi connectivity index (χ2n) is 6.47. The van der Waals surface area contributed by atoms with E-state index in [4.69, 9.17) is 0 Å². The topological polar surface area (TPSA) is 15.3 Å². The molecule has 2 saturated heterocycles. The summed E-state index contributed by atoms with van der Waals surface area (Å²) < 4.78 is 0. The van der Waals surface area contributed by atoms with E-state index in [9.17, 15) is 0 Å². The molecule has 2 aliphatic rings. The van der Waals surface area contributed by atoms with Gasteiger partial charge in [-0.3, -0.25) is 4.90 Å². The predicted molar refractivity (Wildman–Crippen MR) is 74.3 cm³/mol. The van der Waals surface area contributed by atoms with Crippen LogP contribution in [0.25, 0.3) is 0 Å². The van der Waals surface area contributed by atoms with E-state index in [2.05, 4.69) is 24.1 Å². The van der Waals surface area contributed by atoms with Gasteiger partial charge in [0.15, 0.2) is 0 Å². The molecule has 0 aromatic rings. The summed E-state index contributed by atoms with van der Waals surface area (Å²) in [6.45, 7) is 9.99. The second-order valence-corrected chi connectivity index (χ2v) is 6.47. The van der Waals surface area contributed by atoms with E-state index in [-0.39, 0.29) is 0 Å². The van der Waals surface area contributed by atoms with Crippen molar-refractivity contribution in [1.82, 2.24) is 10.2 Å². The largest absolute Gasteiger partial charge is 0.317 e. The van der Waals surface area contributed by atoms with E-state index < -0.39 is 0 Å². The SMILES string of the molecule is CCCC1CCCCN1CC1(C)CCNCC1. The average Bonchev–Trinajstić information content (AvgIpc) is 2.32. The highest BCUT2D eigenvalue weighted by Gasteiger charge is 2.32. The Labute approximate surface area is 107 Å². The van der Waals surface area contributed by atoms with Gasteiger partial charge in [-0.1, -0.05) is 26.7 Å². The summed E-state index contributed by atoms with van der Waals surface area (Å²) in [7, 11) is 0. The Bertz CT molecular complexity index is 219. The molecule has 100 valence electrons. The number of likely N-dealkylation sites (tertiary alicyclic amines) is 1. The standard InChI is InChI=1S/C15H30N2/c1-3-6-14-7-4-5-12-17(14)13-15(2)8-10-16-11-9-15/h14,16H,3-13H2,1-2H3. The molecule has 0 amide bonds. The van der Waals surface area contributed by atoms with Crippen molar-refractivity contribution in [2.45, 2.75) is 64.8 Å². The lowest BCUT2D eigenvalue weighted by Crippen LogP contribution is -2.48. The Kier molecular flexibility index (Phi) is 4.87. The highest BCUT2D eigenvalue weighted by Crippen LogP contribution is 2.32. The van der Waals surface area contributed by atoms with Crippen LogP contribution in [0.2, 0.25) is 0 Å². The lowest BCUT2D eigenvalue weighted by Gasteiger charge is -2.43. The van der Waals surface area contributed by atoms with Crippen molar-refractivity contribution in [3.63, 3.8) is 0 Å². The number of hydrogen-bond acceptors (Lipinski definition) is 2. The Morgan fingerprint density at radius 3 is 2.71 bits per heavy atom. The summed E-state index contributed by atoms with van der Waals surface area (Å²) >= 11 is 0. The molecule has 1 unspecified atom stereocenters. The Balaban J connectivity index is 1.90. The molecule has 0 saturated carbocycles. The number of nitrogens with zero attached hydrogens (tertiary/aromatic N) is 1. The zero-order valence-corrected chi connectivity index (χ0v) is 11.8. The molecule has 2 heteroatoms. The molecule has 0 bridgehead atoms. The molecule has 0 spiro atoms. The molecule has 2 heterocycles. The number of hydrogen-bond donors (Lipinski definition) is 1. The minimum Gasteiger partial charge on any atom is -0.317 e. The fourth-order valence-electron chi connectivity index (χ4n) is 3.61. The van der Waals surface area contributed by atoms with Crippen LogP contribution in [-0.4, -0.2) is 37.1 Å². The van der Waals surface area contributed by atoms with Gasteiger partial charge in [-0.15, -0.1) is 0 Å². The molecular formula is C15H30N2. The minimum atomic E-state index is 0.578. The predicted octanol–water partition coefficient (Wildman–Crippen LogP) is 3.03. The first-order chi connectivity index (χ1) is 8.23. The first-order valence-electron chi connectivity index (χ1n) is 7.68. The first kappa shape index (κ1) is 13.4. The summed E-state index contributed by atoms with van der Waals surface area (Å²) in [6.07, 6.45) is 9.81. The van der Waals surface area contributed by atoms with Crippen LogP contribution in [0, 0.1) is 5.41 Å². The fraction of sp³-hybridized carbons (Fsp3) is 1.00. The van der Waals surface area contributed by atoms with Crippen LogP contribution >= 0.6 is 0 Å². The van der Waals surface area contributed by atoms with Crippen LogP contribution in [0.15, 0.2) is 0 Å². The first-order valence-corrected chi connectivity index (χ1v) is 7.68. The van der Waals surface area contributed by atoms with Gasteiger partial charge >= 0.3 is 0 Å². The van der Waals surface area contributed by atoms with Crippen molar-refractivity contribution in [3.8, 4) is 0 Å². The Morgan fingerprint density at radius 1 is 1.24 bits per heavy atom. The third-order valence-corrected chi connectivity index (χ3v) is 4.77. The summed E-state index contributed by atoms with van der Waals surface area (Å²) in [5.41, 5.74) is 0.578. The normalized spacial score (nSPS) is 30.4. The summed E-state index contributed by atoms with van der Waals surface area (Å²) in [6, 6.07) is 0.889. The highest BCUT2D eigenvalue weighted by molar-refractivity contribution is 4.87. The van der Waals surface area contributed by atoms with Gasteiger partial charge in [0.25, 0.3) is 0 Å². The van der Waals surface area contributed by atoms with Crippen molar-refractivity contribution >= 4 is 0 Å². The molecule has 0 aromatic heterocycles.